The van der Waals surface area contributed by atoms with Gasteiger partial charge in [-0.2, -0.15) is 0 Å². The first-order chi connectivity index (χ1) is 10.1. The summed E-state index contributed by atoms with van der Waals surface area (Å²) < 4.78 is 5.34. The third-order valence-electron chi connectivity index (χ3n) is 3.22. The zero-order chi connectivity index (χ0) is 15.2. The average Bonchev–Trinajstić information content (AvgIpc) is 2.52. The summed E-state index contributed by atoms with van der Waals surface area (Å²) in [7, 11) is 1.64. The average molecular weight is 286 g/mol. The number of aromatic carboxylic acids is 1. The van der Waals surface area contributed by atoms with Crippen LogP contribution in [0, 0.1) is 0 Å². The van der Waals surface area contributed by atoms with Crippen LogP contribution < -0.4 is 10.1 Å². The zero-order valence-corrected chi connectivity index (χ0v) is 12.0. The van der Waals surface area contributed by atoms with Crippen LogP contribution in [0.15, 0.2) is 42.5 Å². The Hall–Kier alpha value is -2.40. The van der Waals surface area contributed by atoms with E-state index >= 15 is 0 Å². The smallest absolute Gasteiger partial charge is 0.354 e. The molecule has 0 spiro atoms. The third kappa shape index (κ3) is 3.79. The summed E-state index contributed by atoms with van der Waals surface area (Å²) in [5.74, 6) is -0.195. The first-order valence-corrected chi connectivity index (χ1v) is 6.67. The Morgan fingerprint density at radius 1 is 1.29 bits per heavy atom. The highest BCUT2D eigenvalue weighted by Gasteiger charge is 2.11. The summed E-state index contributed by atoms with van der Waals surface area (Å²) in [4.78, 5) is 15.0. The molecule has 1 atom stereocenters. The topological polar surface area (TPSA) is 71.5 Å². The number of hydrogen-bond donors (Lipinski definition) is 2. The quantitative estimate of drug-likeness (QED) is 0.854. The van der Waals surface area contributed by atoms with Gasteiger partial charge in [0.05, 0.1) is 12.8 Å². The Bertz CT molecular complexity index is 628. The van der Waals surface area contributed by atoms with E-state index in [1.165, 1.54) is 6.07 Å². The number of carboxylic acids is 1. The SMILES string of the molecule is COc1ccccc1[C@H](C)NCc1cccc(C(=O)O)n1. The summed E-state index contributed by atoms with van der Waals surface area (Å²) in [6, 6.07) is 12.8. The lowest BCUT2D eigenvalue weighted by Gasteiger charge is -2.17. The highest BCUT2D eigenvalue weighted by atomic mass is 16.5. The summed E-state index contributed by atoms with van der Waals surface area (Å²) in [6.07, 6.45) is 0. The van der Waals surface area contributed by atoms with E-state index in [0.29, 0.717) is 12.2 Å². The molecular weight excluding hydrogens is 268 g/mol. The molecule has 0 aliphatic carbocycles. The lowest BCUT2D eigenvalue weighted by molar-refractivity contribution is 0.0690. The Kier molecular flexibility index (Phi) is 4.90. The predicted octanol–water partition coefficient (Wildman–Crippen LogP) is 2.64. The number of nitrogens with one attached hydrogen (secondary N) is 1. The molecular formula is C16H18N2O3. The van der Waals surface area contributed by atoms with Crippen LogP contribution in [0.1, 0.15) is 34.7 Å². The molecule has 1 aromatic heterocycles. The van der Waals surface area contributed by atoms with Crippen LogP contribution >= 0.6 is 0 Å². The third-order valence-corrected chi connectivity index (χ3v) is 3.22. The maximum atomic E-state index is 10.9. The number of carboxylic acid groups (broad SMARTS) is 1. The van der Waals surface area contributed by atoms with Crippen molar-refractivity contribution < 1.29 is 14.6 Å². The molecule has 5 nitrogen and oxygen atoms in total. The van der Waals surface area contributed by atoms with E-state index in [-0.39, 0.29) is 11.7 Å². The number of ether oxygens (including phenoxy) is 1. The fraction of sp³-hybridized carbons (Fsp3) is 0.250. The van der Waals surface area contributed by atoms with E-state index in [0.717, 1.165) is 11.3 Å². The molecule has 1 heterocycles. The van der Waals surface area contributed by atoms with E-state index in [1.54, 1.807) is 19.2 Å². The van der Waals surface area contributed by atoms with Crippen LogP contribution in [0.4, 0.5) is 0 Å². The summed E-state index contributed by atoms with van der Waals surface area (Å²) in [5, 5.41) is 12.3. The van der Waals surface area contributed by atoms with Crippen LogP contribution in [0.3, 0.4) is 0 Å². The normalized spacial score (nSPS) is 11.9. The lowest BCUT2D eigenvalue weighted by atomic mass is 10.1. The van der Waals surface area contributed by atoms with Gasteiger partial charge in [-0.1, -0.05) is 24.3 Å². The molecule has 0 aliphatic rings. The number of methoxy groups -OCH3 is 1. The number of para-hydroxylation sites is 1. The number of aromatic nitrogens is 1. The van der Waals surface area contributed by atoms with Gasteiger partial charge in [0.15, 0.2) is 0 Å². The van der Waals surface area contributed by atoms with Gasteiger partial charge >= 0.3 is 5.97 Å². The van der Waals surface area contributed by atoms with Gasteiger partial charge in [-0.3, -0.25) is 0 Å². The van der Waals surface area contributed by atoms with Gasteiger partial charge in [0.2, 0.25) is 0 Å². The molecule has 0 bridgehead atoms. The maximum Gasteiger partial charge on any atom is 0.354 e. The summed E-state index contributed by atoms with van der Waals surface area (Å²) >= 11 is 0. The summed E-state index contributed by atoms with van der Waals surface area (Å²) in [5.41, 5.74) is 1.80. The molecule has 0 saturated carbocycles. The van der Waals surface area contributed by atoms with Gasteiger partial charge in [-0.25, -0.2) is 9.78 Å². The molecule has 2 rings (SSSR count). The van der Waals surface area contributed by atoms with E-state index in [2.05, 4.69) is 10.3 Å². The van der Waals surface area contributed by atoms with Crippen molar-refractivity contribution in [1.82, 2.24) is 10.3 Å². The minimum atomic E-state index is -1.02. The minimum absolute atomic E-state index is 0.0549. The molecule has 5 heteroatoms. The highest BCUT2D eigenvalue weighted by molar-refractivity contribution is 5.85. The van der Waals surface area contributed by atoms with Crippen molar-refractivity contribution >= 4 is 5.97 Å². The summed E-state index contributed by atoms with van der Waals surface area (Å²) in [6.45, 7) is 2.51. The van der Waals surface area contributed by atoms with Crippen LogP contribution in [-0.2, 0) is 6.54 Å². The maximum absolute atomic E-state index is 10.9. The molecule has 21 heavy (non-hydrogen) atoms. The van der Waals surface area contributed by atoms with E-state index in [1.807, 2.05) is 31.2 Å². The van der Waals surface area contributed by atoms with Crippen molar-refractivity contribution in [2.24, 2.45) is 0 Å². The van der Waals surface area contributed by atoms with Crippen molar-refractivity contribution in [2.75, 3.05) is 7.11 Å². The second-order valence-corrected chi connectivity index (χ2v) is 4.66. The number of carbonyl (C=O) groups is 1. The minimum Gasteiger partial charge on any atom is -0.496 e. The molecule has 0 radical (unpaired) electrons. The lowest BCUT2D eigenvalue weighted by Crippen LogP contribution is -2.19. The van der Waals surface area contributed by atoms with Crippen LogP contribution in [0.5, 0.6) is 5.75 Å². The van der Waals surface area contributed by atoms with Gasteiger partial charge in [0.25, 0.3) is 0 Å². The Balaban J connectivity index is 2.05. The second kappa shape index (κ2) is 6.85. The number of benzene rings is 1. The van der Waals surface area contributed by atoms with Crippen molar-refractivity contribution in [2.45, 2.75) is 19.5 Å². The molecule has 110 valence electrons. The Morgan fingerprint density at radius 3 is 2.76 bits per heavy atom. The molecule has 0 saturated heterocycles. The largest absolute Gasteiger partial charge is 0.496 e. The number of pyridine rings is 1. The Labute approximate surface area is 123 Å². The van der Waals surface area contributed by atoms with Crippen LogP contribution in [0.25, 0.3) is 0 Å². The molecule has 0 fully saturated rings. The number of nitrogens with zero attached hydrogens (tertiary/aromatic N) is 1. The molecule has 0 unspecified atom stereocenters. The van der Waals surface area contributed by atoms with Gasteiger partial charge < -0.3 is 15.2 Å². The first-order valence-electron chi connectivity index (χ1n) is 6.67. The van der Waals surface area contributed by atoms with Gasteiger partial charge in [-0.15, -0.1) is 0 Å². The van der Waals surface area contributed by atoms with Gasteiger partial charge in [0.1, 0.15) is 11.4 Å². The first kappa shape index (κ1) is 15.0. The fourth-order valence-corrected chi connectivity index (χ4v) is 2.09. The zero-order valence-electron chi connectivity index (χ0n) is 12.0. The Morgan fingerprint density at radius 2 is 2.05 bits per heavy atom. The monoisotopic (exact) mass is 286 g/mol. The van der Waals surface area contributed by atoms with E-state index in [9.17, 15) is 4.79 Å². The van der Waals surface area contributed by atoms with Crippen molar-refractivity contribution in [3.05, 3.63) is 59.4 Å². The standard InChI is InChI=1S/C16H18N2O3/c1-11(13-7-3-4-9-15(13)21-2)17-10-12-6-5-8-14(18-12)16(19)20/h3-9,11,17H,10H2,1-2H3,(H,19,20)/t11-/m0/s1. The predicted molar refractivity (Wildman–Crippen MR) is 79.4 cm³/mol. The molecule has 2 N–H and O–H groups in total. The number of rotatable bonds is 6. The van der Waals surface area contributed by atoms with Crippen molar-refractivity contribution in [3.8, 4) is 5.75 Å². The van der Waals surface area contributed by atoms with E-state index < -0.39 is 5.97 Å². The van der Waals surface area contributed by atoms with E-state index in [4.69, 9.17) is 9.84 Å². The van der Waals surface area contributed by atoms with Gasteiger partial charge in [-0.05, 0) is 25.1 Å². The van der Waals surface area contributed by atoms with Crippen LogP contribution in [-0.4, -0.2) is 23.2 Å². The number of hydrogen-bond acceptors (Lipinski definition) is 4. The second-order valence-electron chi connectivity index (χ2n) is 4.66. The van der Waals surface area contributed by atoms with Crippen LogP contribution in [0.2, 0.25) is 0 Å². The fourth-order valence-electron chi connectivity index (χ4n) is 2.09. The van der Waals surface area contributed by atoms with Crippen molar-refractivity contribution in [1.29, 1.82) is 0 Å². The van der Waals surface area contributed by atoms with Crippen molar-refractivity contribution in [3.63, 3.8) is 0 Å². The molecule has 0 aliphatic heterocycles. The van der Waals surface area contributed by atoms with Gasteiger partial charge in [0, 0.05) is 18.2 Å². The highest BCUT2D eigenvalue weighted by Crippen LogP contribution is 2.24. The molecule has 2 aromatic rings. The molecule has 0 amide bonds. The molecule has 1 aromatic carbocycles.